The highest BCUT2D eigenvalue weighted by atomic mass is 19.1. The van der Waals surface area contributed by atoms with E-state index < -0.39 is 11.6 Å². The van der Waals surface area contributed by atoms with Gasteiger partial charge in [-0.05, 0) is 30.3 Å². The number of rotatable bonds is 5. The number of ether oxygens (including phenoxy) is 1. The molecule has 0 spiro atoms. The molecule has 3 aromatic rings. The predicted octanol–water partition coefficient (Wildman–Crippen LogP) is 3.20. The summed E-state index contributed by atoms with van der Waals surface area (Å²) >= 11 is 0. The van der Waals surface area contributed by atoms with Crippen molar-refractivity contribution >= 4 is 17.3 Å². The Bertz CT molecular complexity index is 1060. The van der Waals surface area contributed by atoms with Gasteiger partial charge in [-0.2, -0.15) is 4.98 Å². The van der Waals surface area contributed by atoms with Gasteiger partial charge in [0.05, 0.1) is 24.9 Å². The van der Waals surface area contributed by atoms with Crippen LogP contribution in [0.25, 0.3) is 5.69 Å². The molecule has 7 nitrogen and oxygen atoms in total. The molecule has 5 rings (SSSR count). The van der Waals surface area contributed by atoms with Gasteiger partial charge < -0.3 is 15.0 Å². The van der Waals surface area contributed by atoms with Crippen LogP contribution >= 0.6 is 0 Å². The zero-order valence-electron chi connectivity index (χ0n) is 16.6. The van der Waals surface area contributed by atoms with E-state index in [9.17, 15) is 13.2 Å². The summed E-state index contributed by atoms with van der Waals surface area (Å²) in [6.45, 7) is 4.99. The van der Waals surface area contributed by atoms with Crippen LogP contribution in [0.5, 0.6) is 0 Å². The quantitative estimate of drug-likeness (QED) is 0.668. The van der Waals surface area contributed by atoms with Crippen LogP contribution in [0.4, 0.5) is 30.5 Å². The van der Waals surface area contributed by atoms with E-state index in [-0.39, 0.29) is 18.9 Å². The number of nitrogens with zero attached hydrogens (tertiary/aromatic N) is 5. The molecule has 0 saturated carbocycles. The molecular formula is C21H23F3N6O. The molecule has 164 valence electrons. The summed E-state index contributed by atoms with van der Waals surface area (Å²) in [4.78, 5) is 8.66. The fourth-order valence-corrected chi connectivity index (χ4v) is 3.85. The predicted molar refractivity (Wildman–Crippen MR) is 111 cm³/mol. The van der Waals surface area contributed by atoms with Crippen LogP contribution in [-0.2, 0) is 4.74 Å². The van der Waals surface area contributed by atoms with Crippen molar-refractivity contribution in [1.82, 2.24) is 19.7 Å². The molecule has 10 heteroatoms. The molecule has 0 amide bonds. The Balaban J connectivity index is 0.00000245. The van der Waals surface area contributed by atoms with Crippen molar-refractivity contribution in [3.8, 4) is 5.69 Å². The van der Waals surface area contributed by atoms with Gasteiger partial charge in [-0.1, -0.05) is 0 Å². The third kappa shape index (κ3) is 4.35. The first-order valence-corrected chi connectivity index (χ1v) is 10.1. The lowest BCUT2D eigenvalue weighted by atomic mass is 10.1. The van der Waals surface area contributed by atoms with Crippen molar-refractivity contribution < 1.29 is 19.3 Å². The van der Waals surface area contributed by atoms with Crippen LogP contribution in [0.2, 0.25) is 0 Å². The smallest absolute Gasteiger partial charge is 0.246 e. The molecule has 0 atom stereocenters. The Hall–Kier alpha value is -3.11. The minimum Gasteiger partial charge on any atom is -0.378 e. The topological polar surface area (TPSA) is 58.5 Å². The Kier molecular flexibility index (Phi) is 5.24. The lowest BCUT2D eigenvalue weighted by molar-refractivity contribution is -0.0660. The second kappa shape index (κ2) is 8.20. The third-order valence-corrected chi connectivity index (χ3v) is 5.56. The van der Waals surface area contributed by atoms with E-state index in [1.54, 1.807) is 0 Å². The van der Waals surface area contributed by atoms with Crippen molar-refractivity contribution in [2.75, 3.05) is 49.6 Å². The van der Waals surface area contributed by atoms with Gasteiger partial charge in [0, 0.05) is 45.0 Å². The van der Waals surface area contributed by atoms with Crippen molar-refractivity contribution in [2.24, 2.45) is 0 Å². The first-order valence-electron chi connectivity index (χ1n) is 10.1. The van der Waals surface area contributed by atoms with Gasteiger partial charge in [0.1, 0.15) is 23.8 Å². The summed E-state index contributed by atoms with van der Waals surface area (Å²) in [5.74, 6) is -1.60. The highest BCUT2D eigenvalue weighted by Crippen LogP contribution is 2.26. The normalized spacial score (nSPS) is 17.6. The van der Waals surface area contributed by atoms with Crippen molar-refractivity contribution in [3.63, 3.8) is 0 Å². The van der Waals surface area contributed by atoms with Gasteiger partial charge in [0.25, 0.3) is 0 Å². The molecular weight excluding hydrogens is 409 g/mol. The number of piperazine rings is 1. The summed E-state index contributed by atoms with van der Waals surface area (Å²) in [6.07, 6.45) is 1.33. The number of nitrogens with one attached hydrogen (secondary N) is 1. The van der Waals surface area contributed by atoms with Gasteiger partial charge >= 0.3 is 0 Å². The largest absolute Gasteiger partial charge is 0.378 e. The molecule has 1 aromatic heterocycles. The molecule has 31 heavy (non-hydrogen) atoms. The molecule has 2 aromatic carbocycles. The average molecular weight is 432 g/mol. The van der Waals surface area contributed by atoms with Crippen LogP contribution in [0.15, 0.2) is 42.7 Å². The highest BCUT2D eigenvalue weighted by Gasteiger charge is 2.29. The van der Waals surface area contributed by atoms with E-state index in [4.69, 9.17) is 4.74 Å². The maximum Gasteiger partial charge on any atom is 0.246 e. The van der Waals surface area contributed by atoms with Gasteiger partial charge in [-0.25, -0.2) is 17.9 Å². The molecule has 2 fully saturated rings. The SMILES string of the molecule is Fc1cc(Nc2ncn(-c3cc(F)cc(F)c3)n2)cc(N2CCN(C3COC3)CC2)c1.[HH]. The van der Waals surface area contributed by atoms with Crippen LogP contribution in [0.3, 0.4) is 0 Å². The number of anilines is 3. The lowest BCUT2D eigenvalue weighted by Gasteiger charge is -2.43. The van der Waals surface area contributed by atoms with Crippen molar-refractivity contribution in [1.29, 1.82) is 0 Å². The minimum atomic E-state index is -0.709. The van der Waals surface area contributed by atoms with Crippen molar-refractivity contribution in [3.05, 3.63) is 60.2 Å². The lowest BCUT2D eigenvalue weighted by Crippen LogP contribution is -2.56. The maximum atomic E-state index is 14.3. The molecule has 3 heterocycles. The van der Waals surface area contributed by atoms with E-state index in [1.165, 1.54) is 23.1 Å². The highest BCUT2D eigenvalue weighted by molar-refractivity contribution is 5.62. The fraction of sp³-hybridized carbons (Fsp3) is 0.333. The Morgan fingerprint density at radius 1 is 0.871 bits per heavy atom. The number of hydrogen-bond acceptors (Lipinski definition) is 6. The zero-order valence-corrected chi connectivity index (χ0v) is 16.6. The monoisotopic (exact) mass is 432 g/mol. The maximum absolute atomic E-state index is 14.3. The van der Waals surface area contributed by atoms with Crippen LogP contribution in [0, 0.1) is 17.5 Å². The summed E-state index contributed by atoms with van der Waals surface area (Å²) in [5, 5.41) is 7.15. The van der Waals surface area contributed by atoms with Gasteiger partial charge in [-0.3, -0.25) is 4.90 Å². The standard InChI is InChI=1S/C21H21F3N6O.H2/c22-14-5-15(23)9-19(8-14)30-13-25-21(27-30)26-17-6-16(24)7-18(10-17)28-1-3-29(4-2-28)20-11-31-12-20;/h5-10,13,20H,1-4,11-12H2,(H,26,27);1H. The Morgan fingerprint density at radius 3 is 2.23 bits per heavy atom. The first kappa shape index (κ1) is 19.8. The molecule has 0 bridgehead atoms. The first-order chi connectivity index (χ1) is 15.0. The molecule has 2 saturated heterocycles. The summed E-state index contributed by atoms with van der Waals surface area (Å²) in [6, 6.07) is 8.29. The second-order valence-electron chi connectivity index (χ2n) is 7.68. The van der Waals surface area contributed by atoms with Crippen LogP contribution < -0.4 is 10.2 Å². The van der Waals surface area contributed by atoms with Gasteiger partial charge in [-0.15, -0.1) is 5.10 Å². The van der Waals surface area contributed by atoms with E-state index in [0.29, 0.717) is 11.7 Å². The molecule has 0 unspecified atom stereocenters. The number of benzene rings is 2. The van der Waals surface area contributed by atoms with E-state index in [0.717, 1.165) is 63.3 Å². The average Bonchev–Trinajstić information content (AvgIpc) is 3.14. The summed E-state index contributed by atoms with van der Waals surface area (Å²) in [5.41, 5.74) is 1.47. The van der Waals surface area contributed by atoms with Crippen LogP contribution in [0.1, 0.15) is 1.43 Å². The number of hydrogen-bond donors (Lipinski definition) is 1. The zero-order chi connectivity index (χ0) is 21.4. The van der Waals surface area contributed by atoms with E-state index in [1.807, 2.05) is 6.07 Å². The molecule has 0 radical (unpaired) electrons. The van der Waals surface area contributed by atoms with Gasteiger partial charge in [0.15, 0.2) is 0 Å². The molecule has 2 aliphatic rings. The fourth-order valence-electron chi connectivity index (χ4n) is 3.85. The summed E-state index contributed by atoms with van der Waals surface area (Å²) < 4.78 is 47.7. The Morgan fingerprint density at radius 2 is 1.55 bits per heavy atom. The molecule has 0 aliphatic carbocycles. The number of aromatic nitrogens is 3. The van der Waals surface area contributed by atoms with Gasteiger partial charge in [0.2, 0.25) is 5.95 Å². The second-order valence-corrected chi connectivity index (χ2v) is 7.68. The van der Waals surface area contributed by atoms with Crippen molar-refractivity contribution in [2.45, 2.75) is 6.04 Å². The number of halogens is 3. The van der Waals surface area contributed by atoms with Crippen LogP contribution in [-0.4, -0.2) is 65.1 Å². The minimum absolute atomic E-state index is 0. The van der Waals surface area contributed by atoms with E-state index >= 15 is 0 Å². The third-order valence-electron chi connectivity index (χ3n) is 5.56. The molecule has 1 N–H and O–H groups in total. The summed E-state index contributed by atoms with van der Waals surface area (Å²) in [7, 11) is 0. The molecule has 2 aliphatic heterocycles. The Labute approximate surface area is 178 Å². The van der Waals surface area contributed by atoms with E-state index in [2.05, 4.69) is 25.2 Å².